The van der Waals surface area contributed by atoms with Gasteiger partial charge in [0.25, 0.3) is 5.91 Å². The van der Waals surface area contributed by atoms with Gasteiger partial charge in [0, 0.05) is 24.2 Å². The molecule has 1 fully saturated rings. The van der Waals surface area contributed by atoms with Crippen LogP contribution in [0.2, 0.25) is 0 Å². The van der Waals surface area contributed by atoms with Crippen LogP contribution in [0.1, 0.15) is 23.2 Å². The number of amides is 1. The van der Waals surface area contributed by atoms with E-state index in [1.165, 1.54) is 0 Å². The minimum Gasteiger partial charge on any atom is -0.348 e. The minimum absolute atomic E-state index is 0. The molecule has 1 aromatic rings. The second-order valence-electron chi connectivity index (χ2n) is 4.31. The number of hydrogen-bond acceptors (Lipinski definition) is 2. The summed E-state index contributed by atoms with van der Waals surface area (Å²) in [4.78, 5) is 11.8. The molecule has 1 aliphatic carbocycles. The zero-order valence-electron chi connectivity index (χ0n) is 9.66. The Bertz CT molecular complexity index is 418. The van der Waals surface area contributed by atoms with Crippen LogP contribution >= 0.6 is 12.4 Å². The van der Waals surface area contributed by atoms with Crippen LogP contribution < -0.4 is 11.1 Å². The van der Waals surface area contributed by atoms with E-state index >= 15 is 0 Å². The molecule has 0 spiro atoms. The van der Waals surface area contributed by atoms with Gasteiger partial charge in [-0.05, 0) is 30.9 Å². The summed E-state index contributed by atoms with van der Waals surface area (Å²) in [5, 5.41) is 2.70. The lowest BCUT2D eigenvalue weighted by Gasteiger charge is -2.15. The van der Waals surface area contributed by atoms with Crippen molar-refractivity contribution in [3.63, 3.8) is 0 Å². The van der Waals surface area contributed by atoms with Gasteiger partial charge in [0.2, 0.25) is 0 Å². The van der Waals surface area contributed by atoms with Gasteiger partial charge >= 0.3 is 0 Å². The zero-order chi connectivity index (χ0) is 12.4. The highest BCUT2D eigenvalue weighted by Crippen LogP contribution is 2.32. The van der Waals surface area contributed by atoms with E-state index < -0.39 is 17.5 Å². The monoisotopic (exact) mass is 276 g/mol. The molecule has 1 atom stereocenters. The number of benzene rings is 1. The van der Waals surface area contributed by atoms with E-state index in [1.807, 2.05) is 0 Å². The number of hydrogen-bond donors (Lipinski definition) is 2. The lowest BCUT2D eigenvalue weighted by Crippen LogP contribution is -2.41. The van der Waals surface area contributed by atoms with E-state index in [9.17, 15) is 13.6 Å². The second kappa shape index (κ2) is 6.11. The number of halogens is 3. The maximum atomic E-state index is 12.9. The first-order chi connectivity index (χ1) is 8.10. The quantitative estimate of drug-likeness (QED) is 0.882. The molecule has 0 heterocycles. The van der Waals surface area contributed by atoms with Gasteiger partial charge in [0.05, 0.1) is 0 Å². The molecule has 0 aliphatic heterocycles. The molecule has 18 heavy (non-hydrogen) atoms. The first-order valence-corrected chi connectivity index (χ1v) is 5.57. The molecular formula is C12H15ClF2N2O. The van der Waals surface area contributed by atoms with Crippen molar-refractivity contribution in [2.45, 2.75) is 18.9 Å². The Balaban J connectivity index is 0.00000162. The van der Waals surface area contributed by atoms with Crippen molar-refractivity contribution in [3.05, 3.63) is 35.4 Å². The fraction of sp³-hybridized carbons (Fsp3) is 0.417. The lowest BCUT2D eigenvalue weighted by molar-refractivity contribution is 0.0932. The molecule has 100 valence electrons. The lowest BCUT2D eigenvalue weighted by atomic mass is 10.1. The van der Waals surface area contributed by atoms with Crippen LogP contribution in [0.3, 0.4) is 0 Å². The van der Waals surface area contributed by atoms with Crippen molar-refractivity contribution in [3.8, 4) is 0 Å². The predicted octanol–water partition coefficient (Wildman–Crippen LogP) is 1.85. The molecule has 1 amide bonds. The van der Waals surface area contributed by atoms with Crippen molar-refractivity contribution in [1.29, 1.82) is 0 Å². The van der Waals surface area contributed by atoms with Gasteiger partial charge in [0.15, 0.2) is 0 Å². The molecule has 0 aromatic heterocycles. The van der Waals surface area contributed by atoms with Crippen molar-refractivity contribution in [2.24, 2.45) is 11.7 Å². The number of carbonyl (C=O) groups is 1. The third kappa shape index (κ3) is 3.65. The Hall–Kier alpha value is -1.20. The summed E-state index contributed by atoms with van der Waals surface area (Å²) in [6.07, 6.45) is 2.08. The zero-order valence-corrected chi connectivity index (χ0v) is 10.5. The van der Waals surface area contributed by atoms with Crippen LogP contribution in [0.25, 0.3) is 0 Å². The van der Waals surface area contributed by atoms with Gasteiger partial charge in [-0.1, -0.05) is 0 Å². The predicted molar refractivity (Wildman–Crippen MR) is 66.6 cm³/mol. The van der Waals surface area contributed by atoms with Gasteiger partial charge in [-0.2, -0.15) is 0 Å². The summed E-state index contributed by atoms with van der Waals surface area (Å²) in [5.41, 5.74) is 5.52. The molecule has 0 radical (unpaired) electrons. The van der Waals surface area contributed by atoms with Gasteiger partial charge in [-0.15, -0.1) is 12.4 Å². The highest BCUT2D eigenvalue weighted by Gasteiger charge is 2.31. The summed E-state index contributed by atoms with van der Waals surface area (Å²) < 4.78 is 25.9. The molecule has 0 saturated heterocycles. The second-order valence-corrected chi connectivity index (χ2v) is 4.31. The molecule has 6 heteroatoms. The van der Waals surface area contributed by atoms with Crippen LogP contribution in [0.15, 0.2) is 18.2 Å². The van der Waals surface area contributed by atoms with E-state index in [1.54, 1.807) is 0 Å². The van der Waals surface area contributed by atoms with E-state index in [0.29, 0.717) is 12.5 Å². The molecule has 1 unspecified atom stereocenters. The Morgan fingerprint density at radius 2 is 1.89 bits per heavy atom. The molecule has 1 saturated carbocycles. The third-order valence-corrected chi connectivity index (χ3v) is 2.89. The van der Waals surface area contributed by atoms with Crippen LogP contribution in [0.5, 0.6) is 0 Å². The number of carbonyl (C=O) groups excluding carboxylic acids is 1. The SMILES string of the molecule is Cl.NCC(NC(=O)c1cc(F)cc(F)c1)C1CC1. The Morgan fingerprint density at radius 3 is 2.33 bits per heavy atom. The van der Waals surface area contributed by atoms with Crippen molar-refractivity contribution in [1.82, 2.24) is 5.32 Å². The number of nitrogens with two attached hydrogens (primary N) is 1. The van der Waals surface area contributed by atoms with E-state index in [0.717, 1.165) is 31.0 Å². The number of rotatable bonds is 4. The number of nitrogens with one attached hydrogen (secondary N) is 1. The van der Waals surface area contributed by atoms with Gasteiger partial charge in [0.1, 0.15) is 11.6 Å². The smallest absolute Gasteiger partial charge is 0.251 e. The van der Waals surface area contributed by atoms with E-state index in [4.69, 9.17) is 5.73 Å². The molecule has 3 N–H and O–H groups in total. The Kier molecular flexibility index (Phi) is 5.04. The van der Waals surface area contributed by atoms with Gasteiger partial charge < -0.3 is 11.1 Å². The first-order valence-electron chi connectivity index (χ1n) is 5.57. The summed E-state index contributed by atoms with van der Waals surface area (Å²) >= 11 is 0. The average molecular weight is 277 g/mol. The van der Waals surface area contributed by atoms with Crippen LogP contribution in [-0.2, 0) is 0 Å². The van der Waals surface area contributed by atoms with E-state index in [-0.39, 0.29) is 24.0 Å². The molecular weight excluding hydrogens is 262 g/mol. The molecule has 0 bridgehead atoms. The van der Waals surface area contributed by atoms with Crippen LogP contribution in [0, 0.1) is 17.6 Å². The third-order valence-electron chi connectivity index (χ3n) is 2.89. The van der Waals surface area contributed by atoms with Crippen molar-refractivity contribution >= 4 is 18.3 Å². The van der Waals surface area contributed by atoms with Crippen molar-refractivity contribution < 1.29 is 13.6 Å². The summed E-state index contributed by atoms with van der Waals surface area (Å²) in [6.45, 7) is 0.341. The van der Waals surface area contributed by atoms with Crippen LogP contribution in [0.4, 0.5) is 8.78 Å². The van der Waals surface area contributed by atoms with Crippen molar-refractivity contribution in [2.75, 3.05) is 6.54 Å². The molecule has 1 aromatic carbocycles. The standard InChI is InChI=1S/C12H14F2N2O.ClH/c13-9-3-8(4-10(14)5-9)12(17)16-11(6-15)7-1-2-7;/h3-5,7,11H,1-2,6,15H2,(H,16,17);1H. The fourth-order valence-electron chi connectivity index (χ4n) is 1.80. The summed E-state index contributed by atoms with van der Waals surface area (Å²) in [6, 6.07) is 2.66. The van der Waals surface area contributed by atoms with Crippen LogP contribution in [-0.4, -0.2) is 18.5 Å². The Labute approximate surface area is 110 Å². The topological polar surface area (TPSA) is 55.1 Å². The molecule has 2 rings (SSSR count). The maximum Gasteiger partial charge on any atom is 0.251 e. The minimum atomic E-state index is -0.758. The fourth-order valence-corrected chi connectivity index (χ4v) is 1.80. The summed E-state index contributed by atoms with van der Waals surface area (Å²) in [7, 11) is 0. The summed E-state index contributed by atoms with van der Waals surface area (Å²) in [5.74, 6) is -1.59. The highest BCUT2D eigenvalue weighted by atomic mass is 35.5. The maximum absolute atomic E-state index is 12.9. The average Bonchev–Trinajstić information content (AvgIpc) is 3.08. The Morgan fingerprint density at radius 1 is 1.33 bits per heavy atom. The normalized spacial score (nSPS) is 15.7. The molecule has 3 nitrogen and oxygen atoms in total. The largest absolute Gasteiger partial charge is 0.348 e. The molecule has 1 aliphatic rings. The van der Waals surface area contributed by atoms with E-state index in [2.05, 4.69) is 5.32 Å². The van der Waals surface area contributed by atoms with Gasteiger partial charge in [-0.3, -0.25) is 4.79 Å². The highest BCUT2D eigenvalue weighted by molar-refractivity contribution is 5.94. The van der Waals surface area contributed by atoms with Gasteiger partial charge in [-0.25, -0.2) is 8.78 Å². The first kappa shape index (κ1) is 14.9.